The van der Waals surface area contributed by atoms with Crippen molar-refractivity contribution in [2.75, 3.05) is 39.8 Å². The van der Waals surface area contributed by atoms with E-state index in [1.54, 1.807) is 12.1 Å². The van der Waals surface area contributed by atoms with Crippen LogP contribution < -0.4 is 10.1 Å². The Morgan fingerprint density at radius 2 is 2.20 bits per heavy atom. The van der Waals surface area contributed by atoms with Crippen LogP contribution >= 0.6 is 0 Å². The average Bonchev–Trinajstić information content (AvgIpc) is 2.49. The van der Waals surface area contributed by atoms with E-state index in [0.29, 0.717) is 12.2 Å². The Hall–Kier alpha value is -1.57. The number of likely N-dealkylation sites (tertiary alicyclic amines) is 1. The molecule has 1 saturated heterocycles. The molecule has 4 heteroatoms. The monoisotopic (exact) mass is 273 g/mol. The first-order chi connectivity index (χ1) is 9.81. The van der Waals surface area contributed by atoms with Crippen molar-refractivity contribution < 1.29 is 4.74 Å². The van der Waals surface area contributed by atoms with Crippen LogP contribution in [0.15, 0.2) is 24.3 Å². The Morgan fingerprint density at radius 1 is 1.40 bits per heavy atom. The summed E-state index contributed by atoms with van der Waals surface area (Å²) in [6.07, 6.45) is 2.61. The predicted molar refractivity (Wildman–Crippen MR) is 79.7 cm³/mol. The van der Waals surface area contributed by atoms with Crippen LogP contribution in [0.3, 0.4) is 0 Å². The molecule has 0 aliphatic carbocycles. The second-order valence-electron chi connectivity index (χ2n) is 5.35. The van der Waals surface area contributed by atoms with Gasteiger partial charge in [0.15, 0.2) is 0 Å². The maximum absolute atomic E-state index is 8.74. The minimum Gasteiger partial charge on any atom is -0.492 e. The summed E-state index contributed by atoms with van der Waals surface area (Å²) in [5.74, 6) is 1.61. The molecule has 1 atom stereocenters. The molecule has 2 rings (SSSR count). The minimum absolute atomic E-state index is 0.670. The first kappa shape index (κ1) is 14.8. The highest BCUT2D eigenvalue weighted by molar-refractivity contribution is 5.34. The van der Waals surface area contributed by atoms with Gasteiger partial charge in [-0.05, 0) is 63.2 Å². The highest BCUT2D eigenvalue weighted by atomic mass is 16.5. The highest BCUT2D eigenvalue weighted by Crippen LogP contribution is 2.16. The number of piperidine rings is 1. The second-order valence-corrected chi connectivity index (χ2v) is 5.35. The van der Waals surface area contributed by atoms with Crippen LogP contribution in [0.25, 0.3) is 0 Å². The van der Waals surface area contributed by atoms with Gasteiger partial charge >= 0.3 is 0 Å². The Balaban J connectivity index is 1.71. The summed E-state index contributed by atoms with van der Waals surface area (Å²) in [6.45, 7) is 5.12. The van der Waals surface area contributed by atoms with Crippen molar-refractivity contribution in [1.29, 1.82) is 5.26 Å². The van der Waals surface area contributed by atoms with E-state index in [0.717, 1.165) is 31.3 Å². The van der Waals surface area contributed by atoms with E-state index in [-0.39, 0.29) is 0 Å². The highest BCUT2D eigenvalue weighted by Gasteiger charge is 2.18. The zero-order valence-corrected chi connectivity index (χ0v) is 12.1. The van der Waals surface area contributed by atoms with Crippen LogP contribution in [0.4, 0.5) is 0 Å². The second kappa shape index (κ2) is 7.88. The molecule has 20 heavy (non-hydrogen) atoms. The summed E-state index contributed by atoms with van der Waals surface area (Å²) < 4.78 is 5.74. The molecule has 0 amide bonds. The fourth-order valence-corrected chi connectivity index (χ4v) is 2.73. The molecule has 0 saturated carbocycles. The van der Waals surface area contributed by atoms with Gasteiger partial charge in [0.2, 0.25) is 0 Å². The molecule has 4 nitrogen and oxygen atoms in total. The van der Waals surface area contributed by atoms with Crippen molar-refractivity contribution in [2.45, 2.75) is 12.8 Å². The summed E-state index contributed by atoms with van der Waals surface area (Å²) in [4.78, 5) is 2.48. The molecule has 1 unspecified atom stereocenters. The Morgan fingerprint density at radius 3 is 2.90 bits per heavy atom. The van der Waals surface area contributed by atoms with Gasteiger partial charge in [-0.25, -0.2) is 0 Å². The molecule has 0 radical (unpaired) electrons. The van der Waals surface area contributed by atoms with Gasteiger partial charge in [0.1, 0.15) is 12.4 Å². The zero-order chi connectivity index (χ0) is 14.2. The fourth-order valence-electron chi connectivity index (χ4n) is 2.73. The topological polar surface area (TPSA) is 48.3 Å². The van der Waals surface area contributed by atoms with Crippen LogP contribution in [0, 0.1) is 17.2 Å². The van der Waals surface area contributed by atoms with Crippen molar-refractivity contribution in [2.24, 2.45) is 5.92 Å². The van der Waals surface area contributed by atoms with Gasteiger partial charge in [-0.3, -0.25) is 4.90 Å². The standard InChI is InChI=1S/C16H23N3O/c1-18-12-15-3-2-8-19(13-15)9-10-20-16-6-4-14(11-17)5-7-16/h4-7,15,18H,2-3,8-10,12-13H2,1H3. The normalized spacial score (nSPS) is 19.5. The summed E-state index contributed by atoms with van der Waals surface area (Å²) >= 11 is 0. The van der Waals surface area contributed by atoms with E-state index in [4.69, 9.17) is 10.00 Å². The van der Waals surface area contributed by atoms with Gasteiger partial charge in [-0.1, -0.05) is 0 Å². The molecular formula is C16H23N3O. The van der Waals surface area contributed by atoms with Gasteiger partial charge in [0, 0.05) is 13.1 Å². The van der Waals surface area contributed by atoms with E-state index >= 15 is 0 Å². The summed E-state index contributed by atoms with van der Waals surface area (Å²) in [5, 5.41) is 12.0. The minimum atomic E-state index is 0.670. The lowest BCUT2D eigenvalue weighted by Gasteiger charge is -2.32. The Kier molecular flexibility index (Phi) is 5.85. The number of ether oxygens (including phenoxy) is 1. The molecule has 0 bridgehead atoms. The third kappa shape index (κ3) is 4.52. The summed E-state index contributed by atoms with van der Waals surface area (Å²) in [6, 6.07) is 9.41. The summed E-state index contributed by atoms with van der Waals surface area (Å²) in [7, 11) is 2.02. The van der Waals surface area contributed by atoms with Crippen molar-refractivity contribution in [1.82, 2.24) is 10.2 Å². The number of rotatable bonds is 6. The molecular weight excluding hydrogens is 250 g/mol. The molecule has 1 aromatic carbocycles. The summed E-state index contributed by atoms with van der Waals surface area (Å²) in [5.41, 5.74) is 0.670. The largest absolute Gasteiger partial charge is 0.492 e. The Bertz CT molecular complexity index is 436. The first-order valence-corrected chi connectivity index (χ1v) is 7.31. The lowest BCUT2D eigenvalue weighted by Crippen LogP contribution is -2.40. The molecule has 0 aromatic heterocycles. The molecule has 1 N–H and O–H groups in total. The maximum atomic E-state index is 8.74. The molecule has 1 aromatic rings. The first-order valence-electron chi connectivity index (χ1n) is 7.31. The van der Waals surface area contributed by atoms with Crippen LogP contribution in [0.5, 0.6) is 5.75 Å². The fraction of sp³-hybridized carbons (Fsp3) is 0.562. The van der Waals surface area contributed by atoms with Crippen LogP contribution in [-0.2, 0) is 0 Å². The molecule has 1 aliphatic rings. The van der Waals surface area contributed by atoms with Crippen LogP contribution in [0.2, 0.25) is 0 Å². The van der Waals surface area contributed by atoms with Crippen molar-refractivity contribution in [3.8, 4) is 11.8 Å². The van der Waals surface area contributed by atoms with Crippen molar-refractivity contribution in [3.05, 3.63) is 29.8 Å². The lowest BCUT2D eigenvalue weighted by molar-refractivity contribution is 0.146. The van der Waals surface area contributed by atoms with Crippen LogP contribution in [-0.4, -0.2) is 44.7 Å². The van der Waals surface area contributed by atoms with E-state index in [1.807, 2.05) is 19.2 Å². The third-order valence-electron chi connectivity index (χ3n) is 3.76. The maximum Gasteiger partial charge on any atom is 0.119 e. The number of benzene rings is 1. The van der Waals surface area contributed by atoms with Crippen molar-refractivity contribution in [3.63, 3.8) is 0 Å². The van der Waals surface area contributed by atoms with Gasteiger partial charge in [-0.15, -0.1) is 0 Å². The number of hydrogen-bond acceptors (Lipinski definition) is 4. The average molecular weight is 273 g/mol. The zero-order valence-electron chi connectivity index (χ0n) is 12.1. The number of hydrogen-bond donors (Lipinski definition) is 1. The van der Waals surface area contributed by atoms with Crippen LogP contribution in [0.1, 0.15) is 18.4 Å². The number of nitrogens with one attached hydrogen (secondary N) is 1. The van der Waals surface area contributed by atoms with Gasteiger partial charge in [-0.2, -0.15) is 5.26 Å². The number of nitriles is 1. The number of nitrogens with zero attached hydrogens (tertiary/aromatic N) is 2. The van der Waals surface area contributed by atoms with Gasteiger partial charge < -0.3 is 10.1 Å². The molecule has 1 aliphatic heterocycles. The predicted octanol–water partition coefficient (Wildman–Crippen LogP) is 1.87. The Labute approximate surface area is 121 Å². The lowest BCUT2D eigenvalue weighted by atomic mass is 9.98. The smallest absolute Gasteiger partial charge is 0.119 e. The molecule has 1 heterocycles. The van der Waals surface area contributed by atoms with E-state index < -0.39 is 0 Å². The van der Waals surface area contributed by atoms with Crippen molar-refractivity contribution >= 4 is 0 Å². The molecule has 0 spiro atoms. The van der Waals surface area contributed by atoms with Gasteiger partial charge in [0.05, 0.1) is 11.6 Å². The third-order valence-corrected chi connectivity index (χ3v) is 3.76. The molecule has 1 fully saturated rings. The SMILES string of the molecule is CNCC1CCCN(CCOc2ccc(C#N)cc2)C1. The van der Waals surface area contributed by atoms with E-state index in [9.17, 15) is 0 Å². The molecule has 108 valence electrons. The van der Waals surface area contributed by atoms with E-state index in [1.165, 1.54) is 19.4 Å². The van der Waals surface area contributed by atoms with E-state index in [2.05, 4.69) is 16.3 Å². The van der Waals surface area contributed by atoms with Gasteiger partial charge in [0.25, 0.3) is 0 Å². The quantitative estimate of drug-likeness (QED) is 0.859.